The number of carbonyl (C=O) groups excluding carboxylic acids is 1. The summed E-state index contributed by atoms with van der Waals surface area (Å²) in [6, 6.07) is 1.93. The van der Waals surface area contributed by atoms with Crippen molar-refractivity contribution in [2.24, 2.45) is 16.6 Å². The molecule has 2 N–H and O–H groups in total. The molecule has 1 aromatic heterocycles. The van der Waals surface area contributed by atoms with Gasteiger partial charge in [0.05, 0.1) is 6.42 Å². The molecular formula is C12H14BN3OS. The molecule has 0 unspecified atom stereocenters. The number of carbonyl (C=O) groups is 1. The van der Waals surface area contributed by atoms with E-state index in [0.29, 0.717) is 18.3 Å². The van der Waals surface area contributed by atoms with Gasteiger partial charge in [0, 0.05) is 11.9 Å². The first-order valence-corrected chi connectivity index (χ1v) is 6.87. The minimum absolute atomic E-state index is 0.0290. The zero-order valence-electron chi connectivity index (χ0n) is 10.2. The minimum atomic E-state index is -0.462. The smallest absolute Gasteiger partial charge is 0.231 e. The van der Waals surface area contributed by atoms with Gasteiger partial charge in [-0.05, 0) is 24.1 Å². The number of rotatable bonds is 2. The molecule has 1 amide bonds. The van der Waals surface area contributed by atoms with Gasteiger partial charge < -0.3 is 5.73 Å². The lowest BCUT2D eigenvalue weighted by Gasteiger charge is -2.35. The summed E-state index contributed by atoms with van der Waals surface area (Å²) >= 11 is 1.57. The van der Waals surface area contributed by atoms with Crippen LogP contribution in [0.25, 0.3) is 0 Å². The number of nitrogens with two attached hydrogens (primary N) is 1. The fourth-order valence-corrected chi connectivity index (χ4v) is 3.54. The van der Waals surface area contributed by atoms with Crippen molar-refractivity contribution in [1.82, 2.24) is 4.90 Å². The molecule has 0 aromatic carbocycles. The number of hydrogen-bond donors (Lipinski definition) is 1. The van der Waals surface area contributed by atoms with E-state index in [-0.39, 0.29) is 5.91 Å². The summed E-state index contributed by atoms with van der Waals surface area (Å²) in [7, 11) is 7.46. The van der Waals surface area contributed by atoms with Gasteiger partial charge in [0.1, 0.15) is 13.4 Å². The van der Waals surface area contributed by atoms with Crippen LogP contribution in [-0.2, 0) is 10.3 Å². The van der Waals surface area contributed by atoms with Gasteiger partial charge in [0.25, 0.3) is 0 Å². The van der Waals surface area contributed by atoms with E-state index in [2.05, 4.69) is 4.99 Å². The van der Waals surface area contributed by atoms with Gasteiger partial charge in [0.15, 0.2) is 5.96 Å². The summed E-state index contributed by atoms with van der Waals surface area (Å²) < 4.78 is 0. The lowest BCUT2D eigenvalue weighted by atomic mass is 9.85. The Labute approximate surface area is 111 Å². The molecule has 3 rings (SSSR count). The Balaban J connectivity index is 2.10. The molecule has 1 saturated carbocycles. The van der Waals surface area contributed by atoms with E-state index in [1.165, 1.54) is 4.90 Å². The second kappa shape index (κ2) is 3.85. The third-order valence-corrected chi connectivity index (χ3v) is 4.87. The first-order valence-electron chi connectivity index (χ1n) is 5.99. The topological polar surface area (TPSA) is 58.7 Å². The lowest BCUT2D eigenvalue weighted by molar-refractivity contribution is -0.128. The van der Waals surface area contributed by atoms with Crippen LogP contribution in [0.1, 0.15) is 24.1 Å². The molecule has 0 spiro atoms. The van der Waals surface area contributed by atoms with Crippen LogP contribution in [0.3, 0.4) is 0 Å². The molecular weight excluding hydrogens is 245 g/mol. The van der Waals surface area contributed by atoms with Crippen molar-refractivity contribution in [2.75, 3.05) is 7.05 Å². The predicted molar refractivity (Wildman–Crippen MR) is 73.1 cm³/mol. The fourth-order valence-electron chi connectivity index (χ4n) is 2.51. The highest BCUT2D eigenvalue weighted by Gasteiger charge is 2.51. The number of hydrogen-bond acceptors (Lipinski definition) is 4. The zero-order chi connectivity index (χ0) is 12.9. The van der Waals surface area contributed by atoms with E-state index >= 15 is 0 Å². The molecule has 4 nitrogen and oxygen atoms in total. The third kappa shape index (κ3) is 1.67. The first kappa shape index (κ1) is 11.8. The average Bonchev–Trinajstić information content (AvgIpc) is 3.09. The molecule has 2 radical (unpaired) electrons. The Morgan fingerprint density at radius 1 is 1.61 bits per heavy atom. The summed E-state index contributed by atoms with van der Waals surface area (Å²) in [5.74, 6) is 0.762. The quantitative estimate of drug-likeness (QED) is 0.778. The summed E-state index contributed by atoms with van der Waals surface area (Å²) in [5.41, 5.74) is 6.15. The fraction of sp³-hybridized carbons (Fsp3) is 0.500. The largest absolute Gasteiger partial charge is 0.369 e. The van der Waals surface area contributed by atoms with Crippen molar-refractivity contribution in [3.8, 4) is 0 Å². The minimum Gasteiger partial charge on any atom is -0.369 e. The SMILES string of the molecule is [B]c1csc([C@]2(C3CC3)CC(=O)N(C)C(N)=N2)c1. The zero-order valence-corrected chi connectivity index (χ0v) is 11.0. The Hall–Kier alpha value is -1.30. The van der Waals surface area contributed by atoms with Crippen molar-refractivity contribution in [1.29, 1.82) is 0 Å². The molecule has 2 aliphatic rings. The molecule has 0 saturated heterocycles. The first-order chi connectivity index (χ1) is 8.53. The standard InChI is InChI=1S/C12H14BN3OS/c1-16-10(17)5-12(7-2-3-7,15-11(16)14)9-4-8(13)6-18-9/h4,6-7H,2-3,5H2,1H3,(H2,14,15)/t12-/m1/s1. The number of aliphatic imine (C=N–C) groups is 1. The van der Waals surface area contributed by atoms with E-state index in [9.17, 15) is 4.79 Å². The van der Waals surface area contributed by atoms with Gasteiger partial charge in [-0.1, -0.05) is 11.5 Å². The van der Waals surface area contributed by atoms with Crippen LogP contribution in [0.15, 0.2) is 16.4 Å². The Morgan fingerprint density at radius 3 is 2.83 bits per heavy atom. The summed E-state index contributed by atoms with van der Waals surface area (Å²) in [4.78, 5) is 19.2. The van der Waals surface area contributed by atoms with Crippen LogP contribution in [0, 0.1) is 5.92 Å². The van der Waals surface area contributed by atoms with Crippen molar-refractivity contribution < 1.29 is 4.79 Å². The van der Waals surface area contributed by atoms with E-state index in [1.54, 1.807) is 18.4 Å². The maximum atomic E-state index is 12.1. The maximum Gasteiger partial charge on any atom is 0.231 e. The molecule has 92 valence electrons. The highest BCUT2D eigenvalue weighted by Crippen LogP contribution is 2.52. The van der Waals surface area contributed by atoms with Crippen molar-refractivity contribution in [3.05, 3.63) is 16.3 Å². The monoisotopic (exact) mass is 259 g/mol. The van der Waals surface area contributed by atoms with Gasteiger partial charge in [0.2, 0.25) is 5.91 Å². The van der Waals surface area contributed by atoms with E-state index in [4.69, 9.17) is 13.6 Å². The molecule has 1 fully saturated rings. The molecule has 18 heavy (non-hydrogen) atoms. The molecule has 1 aliphatic heterocycles. The molecule has 1 aromatic rings. The molecule has 1 atom stereocenters. The third-order valence-electron chi connectivity index (χ3n) is 3.75. The van der Waals surface area contributed by atoms with Crippen LogP contribution in [0.5, 0.6) is 0 Å². The highest BCUT2D eigenvalue weighted by molar-refractivity contribution is 7.11. The van der Waals surface area contributed by atoms with Gasteiger partial charge in [-0.3, -0.25) is 9.69 Å². The summed E-state index contributed by atoms with van der Waals surface area (Å²) in [5, 5.41) is 1.90. The molecule has 2 heterocycles. The summed E-state index contributed by atoms with van der Waals surface area (Å²) in [6.07, 6.45) is 2.60. The number of nitrogens with zero attached hydrogens (tertiary/aromatic N) is 2. The molecule has 6 heteroatoms. The second-order valence-electron chi connectivity index (χ2n) is 5.04. The average molecular weight is 259 g/mol. The van der Waals surface area contributed by atoms with Crippen molar-refractivity contribution in [2.45, 2.75) is 24.8 Å². The maximum absolute atomic E-state index is 12.1. The molecule has 1 aliphatic carbocycles. The summed E-state index contributed by atoms with van der Waals surface area (Å²) in [6.45, 7) is 0. The van der Waals surface area contributed by atoms with Crippen molar-refractivity contribution in [3.63, 3.8) is 0 Å². The highest BCUT2D eigenvalue weighted by atomic mass is 32.1. The number of guanidine groups is 1. The Bertz CT molecular complexity index is 537. The van der Waals surface area contributed by atoms with Gasteiger partial charge in [-0.2, -0.15) is 0 Å². The van der Waals surface area contributed by atoms with E-state index < -0.39 is 5.54 Å². The Kier molecular flexibility index (Phi) is 2.52. The number of thiophene rings is 1. The van der Waals surface area contributed by atoms with E-state index in [1.807, 2.05) is 11.4 Å². The van der Waals surface area contributed by atoms with Crippen LogP contribution >= 0.6 is 11.3 Å². The van der Waals surface area contributed by atoms with Crippen LogP contribution in [-0.4, -0.2) is 31.7 Å². The second-order valence-corrected chi connectivity index (χ2v) is 5.95. The normalized spacial score (nSPS) is 28.4. The van der Waals surface area contributed by atoms with Gasteiger partial charge in [-0.15, -0.1) is 11.3 Å². The van der Waals surface area contributed by atoms with Gasteiger partial charge in [-0.25, -0.2) is 4.99 Å². The van der Waals surface area contributed by atoms with Crippen LogP contribution < -0.4 is 11.2 Å². The van der Waals surface area contributed by atoms with Crippen LogP contribution in [0.4, 0.5) is 0 Å². The predicted octanol–water partition coefficient (Wildman–Crippen LogP) is 0.324. The van der Waals surface area contributed by atoms with Gasteiger partial charge >= 0.3 is 0 Å². The lowest BCUT2D eigenvalue weighted by Crippen LogP contribution is -2.49. The molecule has 0 bridgehead atoms. The van der Waals surface area contributed by atoms with E-state index in [0.717, 1.165) is 23.2 Å². The van der Waals surface area contributed by atoms with Crippen LogP contribution in [0.2, 0.25) is 0 Å². The number of amides is 1. The Morgan fingerprint density at radius 2 is 2.33 bits per heavy atom. The van der Waals surface area contributed by atoms with Crippen molar-refractivity contribution >= 4 is 36.5 Å².